The molecule has 6 aliphatic rings. The first-order valence-corrected chi connectivity index (χ1v) is 26.7. The van der Waals surface area contributed by atoms with E-state index < -0.39 is 0 Å². The molecule has 7 aromatic carbocycles. The first-order valence-electron chi connectivity index (χ1n) is 26.7. The molecule has 1 aromatic heterocycles. The van der Waals surface area contributed by atoms with Gasteiger partial charge in [-0.15, -0.1) is 0 Å². The van der Waals surface area contributed by atoms with Crippen molar-refractivity contribution >= 4 is 73.5 Å². The molecule has 0 saturated heterocycles. The van der Waals surface area contributed by atoms with Crippen molar-refractivity contribution in [3.05, 3.63) is 155 Å². The van der Waals surface area contributed by atoms with Crippen LogP contribution in [0.4, 0.5) is 28.4 Å². The highest BCUT2D eigenvalue weighted by Gasteiger charge is 2.58. The number of hydrogen-bond acceptors (Lipinski definition) is 3. The summed E-state index contributed by atoms with van der Waals surface area (Å²) in [6, 6.07) is 50.3. The average molecular weight is 915 g/mol. The summed E-state index contributed by atoms with van der Waals surface area (Å²) in [6.07, 6.45) is 9.69. The van der Waals surface area contributed by atoms with Gasteiger partial charge in [0.25, 0.3) is 0 Å². The van der Waals surface area contributed by atoms with Crippen molar-refractivity contribution in [2.75, 3.05) is 9.80 Å². The van der Waals surface area contributed by atoms with Crippen LogP contribution in [0.1, 0.15) is 148 Å². The predicted octanol–water partition coefficient (Wildman–Crippen LogP) is 16.0. The monoisotopic (exact) mass is 915 g/mol. The second-order valence-electron chi connectivity index (χ2n) is 25.7. The zero-order valence-corrected chi connectivity index (χ0v) is 43.2. The summed E-state index contributed by atoms with van der Waals surface area (Å²) in [5, 5.41) is 2.33. The Balaban J connectivity index is 1.06. The Bertz CT molecular complexity index is 3590. The predicted molar refractivity (Wildman–Crippen MR) is 297 cm³/mol. The van der Waals surface area contributed by atoms with Gasteiger partial charge < -0.3 is 14.2 Å². The molecule has 0 N–H and O–H groups in total. The summed E-state index contributed by atoms with van der Waals surface area (Å²) >= 11 is 0. The maximum Gasteiger partial charge on any atom is 0.248 e. The largest absolute Gasteiger partial charge is 0.456 e. The Kier molecular flexibility index (Phi) is 8.51. The molecule has 14 rings (SSSR count). The van der Waals surface area contributed by atoms with Crippen LogP contribution >= 0.6 is 0 Å². The molecular formula is C66H67BN2O. The van der Waals surface area contributed by atoms with E-state index in [1.165, 1.54) is 152 Å². The van der Waals surface area contributed by atoms with Crippen molar-refractivity contribution in [2.45, 2.75) is 153 Å². The number of anilines is 5. The topological polar surface area (TPSA) is 19.6 Å². The lowest BCUT2D eigenvalue weighted by Gasteiger charge is -2.50. The van der Waals surface area contributed by atoms with Gasteiger partial charge in [0, 0.05) is 44.6 Å². The second-order valence-corrected chi connectivity index (χ2v) is 25.7. The van der Waals surface area contributed by atoms with Gasteiger partial charge in [-0.1, -0.05) is 141 Å². The minimum absolute atomic E-state index is 0.0208. The van der Waals surface area contributed by atoms with Crippen molar-refractivity contribution in [2.24, 2.45) is 0 Å². The van der Waals surface area contributed by atoms with Gasteiger partial charge in [0.05, 0.1) is 5.54 Å². The minimum atomic E-state index is -0.0208. The zero-order valence-electron chi connectivity index (χ0n) is 43.2. The maximum atomic E-state index is 6.59. The fourth-order valence-electron chi connectivity index (χ4n) is 15.3. The fourth-order valence-corrected chi connectivity index (χ4v) is 15.3. The Morgan fingerprint density at radius 1 is 0.429 bits per heavy atom. The highest BCUT2D eigenvalue weighted by molar-refractivity contribution is 7.01. The molecule has 0 spiro atoms. The summed E-state index contributed by atoms with van der Waals surface area (Å²) in [5.41, 5.74) is 25.8. The number of para-hydroxylation sites is 2. The van der Waals surface area contributed by atoms with Crippen molar-refractivity contribution in [3.63, 3.8) is 0 Å². The van der Waals surface area contributed by atoms with Gasteiger partial charge in [-0.2, -0.15) is 0 Å². The molecular weight excluding hydrogens is 848 g/mol. The first kappa shape index (κ1) is 42.8. The lowest BCUT2D eigenvalue weighted by Crippen LogP contribution is -2.56. The van der Waals surface area contributed by atoms with Gasteiger partial charge in [-0.05, 0) is 195 Å². The summed E-state index contributed by atoms with van der Waals surface area (Å²) in [5.74, 6) is 0. The molecule has 8 aromatic rings. The number of benzene rings is 7. The van der Waals surface area contributed by atoms with E-state index in [0.29, 0.717) is 0 Å². The number of fused-ring (bicyclic) bond motifs is 13. The molecule has 0 amide bonds. The molecule has 0 bridgehead atoms. The standard InChI is InChI=1S/C66H67BN2O/c1-61(2)29-30-62(3,4)50-36-42(23-26-48(50)61)68-56-39-52-51(63(5,6)31-32-64(52,7)8)38-54(56)67-53-37-43(69-55-19-13-12-18-49(55)65(9)27-15-16-28-66(65,69)10)22-25-44(53)47-33-41(34-57(68)60(47)67)40-21-24-46-45-17-11-14-20-58(45)70-59(46)35-40/h11-14,17-26,33-39H,15-16,27-32H2,1-10H3. The van der Waals surface area contributed by atoms with Crippen LogP contribution in [0.5, 0.6) is 0 Å². The molecule has 2 atom stereocenters. The second kappa shape index (κ2) is 13.9. The number of nitrogens with zero attached hydrogens (tertiary/aromatic N) is 2. The lowest BCUT2D eigenvalue weighted by atomic mass is 9.36. The van der Waals surface area contributed by atoms with Crippen LogP contribution in [0, 0.1) is 0 Å². The van der Waals surface area contributed by atoms with Crippen LogP contribution in [-0.2, 0) is 27.1 Å². The zero-order chi connectivity index (χ0) is 48.1. The smallest absolute Gasteiger partial charge is 0.248 e. The third-order valence-corrected chi connectivity index (χ3v) is 20.0. The van der Waals surface area contributed by atoms with Crippen LogP contribution < -0.4 is 26.2 Å². The van der Waals surface area contributed by atoms with Gasteiger partial charge in [-0.25, -0.2) is 0 Å². The quantitative estimate of drug-likeness (QED) is 0.165. The summed E-state index contributed by atoms with van der Waals surface area (Å²) in [4.78, 5) is 5.49. The molecule has 350 valence electrons. The van der Waals surface area contributed by atoms with Gasteiger partial charge in [-0.3, -0.25) is 0 Å². The summed E-state index contributed by atoms with van der Waals surface area (Å²) < 4.78 is 6.59. The Labute approximate surface area is 416 Å². The Hall–Kier alpha value is -6.00. The van der Waals surface area contributed by atoms with Crippen molar-refractivity contribution in [3.8, 4) is 22.3 Å². The molecule has 2 unspecified atom stereocenters. The fraction of sp³-hybridized carbons (Fsp3) is 0.364. The summed E-state index contributed by atoms with van der Waals surface area (Å²) in [7, 11) is 0. The van der Waals surface area contributed by atoms with E-state index >= 15 is 0 Å². The molecule has 1 saturated carbocycles. The third kappa shape index (κ3) is 5.60. The molecule has 3 aliphatic heterocycles. The number of rotatable bonds is 3. The van der Waals surface area contributed by atoms with Gasteiger partial charge >= 0.3 is 0 Å². The molecule has 3 aliphatic carbocycles. The van der Waals surface area contributed by atoms with Crippen LogP contribution in [0.3, 0.4) is 0 Å². The van der Waals surface area contributed by atoms with E-state index in [9.17, 15) is 0 Å². The van der Waals surface area contributed by atoms with Crippen LogP contribution in [0.2, 0.25) is 0 Å². The first-order chi connectivity index (χ1) is 33.4. The average Bonchev–Trinajstić information content (AvgIpc) is 3.95. The molecule has 70 heavy (non-hydrogen) atoms. The number of furan rings is 1. The van der Waals surface area contributed by atoms with Gasteiger partial charge in [0.1, 0.15) is 11.2 Å². The van der Waals surface area contributed by atoms with Crippen molar-refractivity contribution in [1.29, 1.82) is 0 Å². The summed E-state index contributed by atoms with van der Waals surface area (Å²) in [6.45, 7) is 25.1. The van der Waals surface area contributed by atoms with E-state index in [1.807, 2.05) is 0 Å². The molecule has 1 fully saturated rings. The van der Waals surface area contributed by atoms with Gasteiger partial charge in [0.2, 0.25) is 6.71 Å². The molecule has 0 radical (unpaired) electrons. The SMILES string of the molecule is CC1(C)CCC(C)(C)c2cc(N3c4cc5c(cc4B4c6cc(N7c8ccccc8C8(C)CCCCC78C)ccc6-c6cc(-c7ccc8c(c7)oc7ccccc78)cc3c64)C(C)(C)CCC5(C)C)ccc21. The van der Waals surface area contributed by atoms with Crippen molar-refractivity contribution < 1.29 is 4.42 Å². The van der Waals surface area contributed by atoms with E-state index in [0.717, 1.165) is 16.6 Å². The van der Waals surface area contributed by atoms with Crippen LogP contribution in [0.15, 0.2) is 132 Å². The third-order valence-electron chi connectivity index (χ3n) is 20.0. The van der Waals surface area contributed by atoms with Crippen molar-refractivity contribution in [1.82, 2.24) is 0 Å². The number of hydrogen-bond donors (Lipinski definition) is 0. The van der Waals surface area contributed by atoms with E-state index in [-0.39, 0.29) is 39.3 Å². The van der Waals surface area contributed by atoms with E-state index in [4.69, 9.17) is 4.42 Å². The molecule has 4 heterocycles. The Morgan fingerprint density at radius 2 is 1.09 bits per heavy atom. The van der Waals surface area contributed by atoms with E-state index in [1.54, 1.807) is 0 Å². The normalized spacial score (nSPS) is 23.6. The van der Waals surface area contributed by atoms with Gasteiger partial charge in [0.15, 0.2) is 0 Å². The van der Waals surface area contributed by atoms with Crippen LogP contribution in [0.25, 0.3) is 44.2 Å². The minimum Gasteiger partial charge on any atom is -0.456 e. The Morgan fingerprint density at radius 3 is 1.87 bits per heavy atom. The van der Waals surface area contributed by atoms with Crippen LogP contribution in [-0.4, -0.2) is 12.3 Å². The molecule has 4 heteroatoms. The van der Waals surface area contributed by atoms with E-state index in [2.05, 4.69) is 206 Å². The highest BCUT2D eigenvalue weighted by Crippen LogP contribution is 2.61. The highest BCUT2D eigenvalue weighted by atomic mass is 16.3. The molecule has 3 nitrogen and oxygen atoms in total. The lowest BCUT2D eigenvalue weighted by molar-refractivity contribution is 0.195. The maximum absolute atomic E-state index is 6.59.